The first-order valence-electron chi connectivity index (χ1n) is 3.50. The monoisotopic (exact) mass is 263 g/mol. The van der Waals surface area contributed by atoms with Gasteiger partial charge in [0.1, 0.15) is 0 Å². The van der Waals surface area contributed by atoms with Crippen LogP contribution in [0.2, 0.25) is 5.02 Å². The standard InChI is InChI=1S/C8H7BrClNO2/c1-13-8(12)3-5-2-6(9)7(10)4-11-5/h2,4H,3H2,1H3. The number of aromatic nitrogens is 1. The number of pyridine rings is 1. The van der Waals surface area contributed by atoms with Crippen LogP contribution in [0.1, 0.15) is 5.69 Å². The molecule has 0 radical (unpaired) electrons. The van der Waals surface area contributed by atoms with Crippen molar-refractivity contribution in [2.45, 2.75) is 6.42 Å². The lowest BCUT2D eigenvalue weighted by Crippen LogP contribution is -2.05. The third-order valence-corrected chi connectivity index (χ3v) is 2.60. The molecule has 0 amide bonds. The Labute approximate surface area is 89.2 Å². The molecule has 5 heteroatoms. The van der Waals surface area contributed by atoms with Crippen LogP contribution in [0.15, 0.2) is 16.7 Å². The van der Waals surface area contributed by atoms with Crippen molar-refractivity contribution in [1.29, 1.82) is 0 Å². The van der Waals surface area contributed by atoms with Crippen LogP contribution in [0.25, 0.3) is 0 Å². The van der Waals surface area contributed by atoms with Crippen LogP contribution in [-0.4, -0.2) is 18.1 Å². The summed E-state index contributed by atoms with van der Waals surface area (Å²) in [5, 5.41) is 0.522. The van der Waals surface area contributed by atoms with E-state index in [1.807, 2.05) is 0 Å². The van der Waals surface area contributed by atoms with Crippen LogP contribution >= 0.6 is 27.5 Å². The van der Waals surface area contributed by atoms with E-state index in [4.69, 9.17) is 11.6 Å². The number of nitrogens with zero attached hydrogens (tertiary/aromatic N) is 1. The lowest BCUT2D eigenvalue weighted by atomic mass is 10.3. The molecule has 0 fully saturated rings. The van der Waals surface area contributed by atoms with Gasteiger partial charge in [0, 0.05) is 10.7 Å². The second-order valence-electron chi connectivity index (χ2n) is 2.34. The Morgan fingerprint density at radius 2 is 2.46 bits per heavy atom. The van der Waals surface area contributed by atoms with Gasteiger partial charge >= 0.3 is 5.97 Å². The molecule has 0 unspecified atom stereocenters. The van der Waals surface area contributed by atoms with E-state index in [0.29, 0.717) is 10.7 Å². The van der Waals surface area contributed by atoms with E-state index in [-0.39, 0.29) is 12.4 Å². The second kappa shape index (κ2) is 4.58. The summed E-state index contributed by atoms with van der Waals surface area (Å²) in [5.74, 6) is -0.318. The summed E-state index contributed by atoms with van der Waals surface area (Å²) < 4.78 is 5.22. The Morgan fingerprint density at radius 3 is 3.00 bits per heavy atom. The highest BCUT2D eigenvalue weighted by Gasteiger charge is 2.05. The number of methoxy groups -OCH3 is 1. The van der Waals surface area contributed by atoms with Gasteiger partial charge in [0.05, 0.1) is 24.2 Å². The van der Waals surface area contributed by atoms with E-state index < -0.39 is 0 Å². The van der Waals surface area contributed by atoms with Crippen LogP contribution in [-0.2, 0) is 16.0 Å². The minimum Gasteiger partial charge on any atom is -0.469 e. The van der Waals surface area contributed by atoms with E-state index in [0.717, 1.165) is 4.47 Å². The Kier molecular flexibility index (Phi) is 3.69. The van der Waals surface area contributed by atoms with Gasteiger partial charge in [-0.25, -0.2) is 0 Å². The normalized spacial score (nSPS) is 9.77. The Hall–Kier alpha value is -0.610. The van der Waals surface area contributed by atoms with Gasteiger partial charge in [-0.1, -0.05) is 11.6 Å². The molecule has 3 nitrogen and oxygen atoms in total. The summed E-state index contributed by atoms with van der Waals surface area (Å²) in [6.07, 6.45) is 1.65. The van der Waals surface area contributed by atoms with Crippen LogP contribution in [0.5, 0.6) is 0 Å². The minimum absolute atomic E-state index is 0.159. The summed E-state index contributed by atoms with van der Waals surface area (Å²) in [6.45, 7) is 0. The Bertz CT molecular complexity index is 330. The van der Waals surface area contributed by atoms with Gasteiger partial charge in [-0.3, -0.25) is 9.78 Å². The summed E-state index contributed by atoms with van der Waals surface area (Å²) in [5.41, 5.74) is 0.628. The second-order valence-corrected chi connectivity index (χ2v) is 3.60. The molecule has 0 bridgehead atoms. The van der Waals surface area contributed by atoms with Crippen molar-refractivity contribution in [2.24, 2.45) is 0 Å². The molecule has 0 aliphatic heterocycles. The van der Waals surface area contributed by atoms with Crippen LogP contribution in [0, 0.1) is 0 Å². The van der Waals surface area contributed by atoms with Crippen molar-refractivity contribution in [2.75, 3.05) is 7.11 Å². The Morgan fingerprint density at radius 1 is 1.77 bits per heavy atom. The quantitative estimate of drug-likeness (QED) is 0.769. The van der Waals surface area contributed by atoms with Gasteiger partial charge in [0.2, 0.25) is 0 Å². The molecule has 0 atom stereocenters. The SMILES string of the molecule is COC(=O)Cc1cc(Br)c(Cl)cn1. The van der Waals surface area contributed by atoms with Crippen molar-refractivity contribution in [3.63, 3.8) is 0 Å². The summed E-state index contributed by atoms with van der Waals surface area (Å²) in [4.78, 5) is 14.8. The molecule has 1 aromatic rings. The number of esters is 1. The van der Waals surface area contributed by atoms with Crippen LogP contribution in [0.4, 0.5) is 0 Å². The maximum absolute atomic E-state index is 10.9. The fourth-order valence-electron chi connectivity index (χ4n) is 0.770. The number of hydrogen-bond donors (Lipinski definition) is 0. The Balaban J connectivity index is 2.79. The number of carbonyl (C=O) groups excluding carboxylic acids is 1. The first kappa shape index (κ1) is 10.5. The first-order chi connectivity index (χ1) is 6.13. The fourth-order valence-corrected chi connectivity index (χ4v) is 1.24. The molecule has 0 saturated carbocycles. The molecular formula is C8H7BrClNO2. The molecule has 1 aromatic heterocycles. The number of halogens is 2. The van der Waals surface area contributed by atoms with Gasteiger partial charge in [0.25, 0.3) is 0 Å². The zero-order valence-electron chi connectivity index (χ0n) is 6.88. The van der Waals surface area contributed by atoms with E-state index in [1.165, 1.54) is 13.3 Å². The predicted molar refractivity (Wildman–Crippen MR) is 52.7 cm³/mol. The molecule has 0 N–H and O–H groups in total. The number of hydrogen-bond acceptors (Lipinski definition) is 3. The topological polar surface area (TPSA) is 39.2 Å². The van der Waals surface area contributed by atoms with Gasteiger partial charge in [-0.15, -0.1) is 0 Å². The molecule has 0 aliphatic rings. The van der Waals surface area contributed by atoms with Gasteiger partial charge in [-0.2, -0.15) is 0 Å². The van der Waals surface area contributed by atoms with E-state index in [2.05, 4.69) is 25.7 Å². The maximum Gasteiger partial charge on any atom is 0.311 e. The van der Waals surface area contributed by atoms with Gasteiger partial charge in [-0.05, 0) is 22.0 Å². The zero-order valence-corrected chi connectivity index (χ0v) is 9.22. The first-order valence-corrected chi connectivity index (χ1v) is 4.67. The third-order valence-electron chi connectivity index (χ3n) is 1.42. The summed E-state index contributed by atoms with van der Waals surface area (Å²) in [6, 6.07) is 1.69. The highest BCUT2D eigenvalue weighted by Crippen LogP contribution is 2.21. The van der Waals surface area contributed by atoms with Crippen molar-refractivity contribution in [3.8, 4) is 0 Å². The minimum atomic E-state index is -0.318. The molecule has 0 saturated heterocycles. The van der Waals surface area contributed by atoms with Crippen molar-refractivity contribution in [3.05, 3.63) is 27.5 Å². The van der Waals surface area contributed by atoms with Gasteiger partial charge < -0.3 is 4.74 Å². The molecule has 0 aliphatic carbocycles. The molecule has 13 heavy (non-hydrogen) atoms. The largest absolute Gasteiger partial charge is 0.469 e. The average Bonchev–Trinajstić information content (AvgIpc) is 2.11. The molecule has 0 spiro atoms. The lowest BCUT2D eigenvalue weighted by Gasteiger charge is -2.00. The van der Waals surface area contributed by atoms with Gasteiger partial charge in [0.15, 0.2) is 0 Å². The summed E-state index contributed by atoms with van der Waals surface area (Å²) >= 11 is 8.96. The fraction of sp³-hybridized carbons (Fsp3) is 0.250. The molecule has 0 aromatic carbocycles. The zero-order chi connectivity index (χ0) is 9.84. The van der Waals surface area contributed by atoms with Crippen molar-refractivity contribution in [1.82, 2.24) is 4.98 Å². The summed E-state index contributed by atoms with van der Waals surface area (Å²) in [7, 11) is 1.34. The molecule has 70 valence electrons. The lowest BCUT2D eigenvalue weighted by molar-refractivity contribution is -0.139. The van der Waals surface area contributed by atoms with Crippen LogP contribution in [0.3, 0.4) is 0 Å². The average molecular weight is 265 g/mol. The highest BCUT2D eigenvalue weighted by molar-refractivity contribution is 9.10. The number of ether oxygens (including phenoxy) is 1. The molecule has 1 heterocycles. The smallest absolute Gasteiger partial charge is 0.311 e. The van der Waals surface area contributed by atoms with E-state index in [1.54, 1.807) is 6.07 Å². The third kappa shape index (κ3) is 2.97. The number of carbonyl (C=O) groups is 1. The highest BCUT2D eigenvalue weighted by atomic mass is 79.9. The van der Waals surface area contributed by atoms with Crippen LogP contribution < -0.4 is 0 Å². The maximum atomic E-state index is 10.9. The molecular weight excluding hydrogens is 257 g/mol. The number of rotatable bonds is 2. The molecule has 1 rings (SSSR count). The van der Waals surface area contributed by atoms with Crippen molar-refractivity contribution >= 4 is 33.5 Å². The van der Waals surface area contributed by atoms with Crippen molar-refractivity contribution < 1.29 is 9.53 Å². The van der Waals surface area contributed by atoms with E-state index in [9.17, 15) is 4.79 Å². The van der Waals surface area contributed by atoms with E-state index >= 15 is 0 Å². The predicted octanol–water partition coefficient (Wildman–Crippen LogP) is 2.21.